The van der Waals surface area contributed by atoms with E-state index >= 15 is 0 Å². The van der Waals surface area contributed by atoms with E-state index in [0.29, 0.717) is 25.7 Å². The van der Waals surface area contributed by atoms with Gasteiger partial charge in [0.1, 0.15) is 0 Å². The number of carboxylic acid groups (broad SMARTS) is 2. The Balaban J connectivity index is 0.00000144. The smallest absolute Gasteiger partial charge is 0.306 e. The maximum atomic E-state index is 10.5. The molecule has 0 saturated heterocycles. The second kappa shape index (κ2) is 5.38. The fourth-order valence-electron chi connectivity index (χ4n) is 1.59. The number of aliphatic carboxylic acids is 2. The Morgan fingerprint density at radius 1 is 0.846 bits per heavy atom. The number of carboxylic acids is 2. The van der Waals surface area contributed by atoms with Crippen molar-refractivity contribution in [2.45, 2.75) is 25.7 Å². The van der Waals surface area contributed by atoms with Crippen LogP contribution in [0.1, 0.15) is 25.7 Å². The van der Waals surface area contributed by atoms with Gasteiger partial charge in [0.05, 0.1) is 11.8 Å². The predicted octanol–water partition coefficient (Wildman–Crippen LogP) is 0.959. The summed E-state index contributed by atoms with van der Waals surface area (Å²) in [5.41, 5.74) is 0. The van der Waals surface area contributed by atoms with Crippen molar-refractivity contribution in [2.75, 3.05) is 0 Å². The van der Waals surface area contributed by atoms with Gasteiger partial charge in [-0.1, -0.05) is 0 Å². The van der Waals surface area contributed by atoms with Crippen molar-refractivity contribution in [1.29, 1.82) is 0 Å². The molecular weight excluding hydrogens is 256 g/mol. The molecule has 4 nitrogen and oxygen atoms in total. The predicted molar refractivity (Wildman–Crippen MR) is 40.7 cm³/mol. The van der Waals surface area contributed by atoms with Gasteiger partial charge in [0, 0.05) is 21.1 Å². The Morgan fingerprint density at radius 3 is 1.23 bits per heavy atom. The van der Waals surface area contributed by atoms with Gasteiger partial charge >= 0.3 is 11.9 Å². The molecule has 0 unspecified atom stereocenters. The van der Waals surface area contributed by atoms with Crippen molar-refractivity contribution in [3.05, 3.63) is 0 Å². The standard InChI is InChI=1S/C8H12O4.Mo/c9-7(10)5-1-2-6(4-3-5)8(11)12;/h5-6H,1-4H2,(H,9,10)(H,11,12);/t5-,6-;. The number of rotatable bonds is 2. The quantitative estimate of drug-likeness (QED) is 0.731. The molecule has 0 amide bonds. The summed E-state index contributed by atoms with van der Waals surface area (Å²) in [6.07, 6.45) is 2.03. The molecule has 1 aliphatic carbocycles. The monoisotopic (exact) mass is 270 g/mol. The molecular formula is C8H12MoO4. The largest absolute Gasteiger partial charge is 0.481 e. The van der Waals surface area contributed by atoms with Crippen LogP contribution in [0.15, 0.2) is 0 Å². The normalized spacial score (nSPS) is 27.4. The Labute approximate surface area is 90.6 Å². The first-order valence-electron chi connectivity index (χ1n) is 4.07. The first-order valence-corrected chi connectivity index (χ1v) is 4.07. The van der Waals surface area contributed by atoms with E-state index in [1.165, 1.54) is 0 Å². The molecule has 1 rings (SSSR count). The number of hydrogen-bond donors (Lipinski definition) is 2. The number of carbonyl (C=O) groups is 2. The van der Waals surface area contributed by atoms with Crippen molar-refractivity contribution >= 4 is 11.9 Å². The SMILES string of the molecule is O=C(O)[C@H]1CC[C@H](C(=O)O)CC1.[Mo]. The minimum Gasteiger partial charge on any atom is -0.481 e. The summed E-state index contributed by atoms with van der Waals surface area (Å²) in [6.45, 7) is 0. The zero-order valence-corrected chi connectivity index (χ0v) is 9.11. The van der Waals surface area contributed by atoms with Gasteiger partial charge in [0.25, 0.3) is 0 Å². The second-order valence-electron chi connectivity index (χ2n) is 3.23. The third-order valence-electron chi connectivity index (χ3n) is 2.43. The van der Waals surface area contributed by atoms with Crippen molar-refractivity contribution < 1.29 is 40.9 Å². The van der Waals surface area contributed by atoms with E-state index in [-0.39, 0.29) is 32.9 Å². The minimum absolute atomic E-state index is 0. The van der Waals surface area contributed by atoms with E-state index in [2.05, 4.69) is 0 Å². The molecule has 0 radical (unpaired) electrons. The van der Waals surface area contributed by atoms with Gasteiger partial charge in [-0.05, 0) is 25.7 Å². The average molecular weight is 268 g/mol. The molecule has 5 heteroatoms. The van der Waals surface area contributed by atoms with Crippen LogP contribution >= 0.6 is 0 Å². The van der Waals surface area contributed by atoms with Crippen LogP contribution in [0.25, 0.3) is 0 Å². The van der Waals surface area contributed by atoms with Crippen molar-refractivity contribution in [2.24, 2.45) is 11.8 Å². The zero-order valence-electron chi connectivity index (χ0n) is 7.10. The maximum Gasteiger partial charge on any atom is 0.306 e. The van der Waals surface area contributed by atoms with Crippen LogP contribution < -0.4 is 0 Å². The molecule has 0 spiro atoms. The Morgan fingerprint density at radius 2 is 1.08 bits per heavy atom. The van der Waals surface area contributed by atoms with Crippen molar-refractivity contribution in [1.82, 2.24) is 0 Å². The molecule has 13 heavy (non-hydrogen) atoms. The van der Waals surface area contributed by atoms with Crippen LogP contribution in [0.4, 0.5) is 0 Å². The zero-order chi connectivity index (χ0) is 9.14. The molecule has 1 fully saturated rings. The van der Waals surface area contributed by atoms with Gasteiger partial charge in [-0.15, -0.1) is 0 Å². The van der Waals surface area contributed by atoms with Crippen LogP contribution in [-0.4, -0.2) is 22.2 Å². The van der Waals surface area contributed by atoms with Gasteiger partial charge in [-0.2, -0.15) is 0 Å². The van der Waals surface area contributed by atoms with Crippen LogP contribution in [-0.2, 0) is 30.7 Å². The van der Waals surface area contributed by atoms with Crippen molar-refractivity contribution in [3.8, 4) is 0 Å². The Kier molecular flexibility index (Phi) is 5.22. The molecule has 74 valence electrons. The molecule has 0 aromatic carbocycles. The molecule has 0 atom stereocenters. The molecule has 0 bridgehead atoms. The third-order valence-corrected chi connectivity index (χ3v) is 2.43. The van der Waals surface area contributed by atoms with E-state index in [0.717, 1.165) is 0 Å². The van der Waals surface area contributed by atoms with E-state index in [9.17, 15) is 9.59 Å². The van der Waals surface area contributed by atoms with Crippen LogP contribution in [0, 0.1) is 11.8 Å². The summed E-state index contributed by atoms with van der Waals surface area (Å²) in [4.78, 5) is 21.0. The van der Waals surface area contributed by atoms with E-state index in [1.54, 1.807) is 0 Å². The molecule has 0 heterocycles. The van der Waals surface area contributed by atoms with Crippen LogP contribution in [0.2, 0.25) is 0 Å². The molecule has 0 aliphatic heterocycles. The molecule has 0 aromatic rings. The molecule has 1 aliphatic rings. The van der Waals surface area contributed by atoms with Crippen molar-refractivity contribution in [3.63, 3.8) is 0 Å². The van der Waals surface area contributed by atoms with E-state index < -0.39 is 11.9 Å². The van der Waals surface area contributed by atoms with E-state index in [1.807, 2.05) is 0 Å². The average Bonchev–Trinajstić information content (AvgIpc) is 2.04. The first kappa shape index (κ1) is 12.6. The summed E-state index contributed by atoms with van der Waals surface area (Å²) in [6, 6.07) is 0. The maximum absolute atomic E-state index is 10.5. The molecule has 2 N–H and O–H groups in total. The number of hydrogen-bond acceptors (Lipinski definition) is 2. The summed E-state index contributed by atoms with van der Waals surface area (Å²) in [7, 11) is 0. The summed E-state index contributed by atoms with van der Waals surface area (Å²) < 4.78 is 0. The van der Waals surface area contributed by atoms with E-state index in [4.69, 9.17) is 10.2 Å². The van der Waals surface area contributed by atoms with Crippen LogP contribution in [0.5, 0.6) is 0 Å². The molecule has 0 aromatic heterocycles. The van der Waals surface area contributed by atoms with Gasteiger partial charge in [0.2, 0.25) is 0 Å². The van der Waals surface area contributed by atoms with Crippen LogP contribution in [0.3, 0.4) is 0 Å². The van der Waals surface area contributed by atoms with Gasteiger partial charge in [-0.25, -0.2) is 0 Å². The first-order chi connectivity index (χ1) is 5.61. The summed E-state index contributed by atoms with van der Waals surface area (Å²) in [5, 5.41) is 17.2. The Bertz CT molecular complexity index is 174. The fraction of sp³-hybridized carbons (Fsp3) is 0.750. The third kappa shape index (κ3) is 3.47. The molecule has 1 saturated carbocycles. The minimum atomic E-state index is -0.793. The summed E-state index contributed by atoms with van der Waals surface area (Å²) in [5.74, 6) is -2.22. The fourth-order valence-corrected chi connectivity index (χ4v) is 1.59. The Hall–Kier alpha value is -0.372. The van der Waals surface area contributed by atoms with Gasteiger partial charge < -0.3 is 10.2 Å². The topological polar surface area (TPSA) is 74.6 Å². The van der Waals surface area contributed by atoms with Gasteiger partial charge in [0.15, 0.2) is 0 Å². The summed E-state index contributed by atoms with van der Waals surface area (Å²) >= 11 is 0. The van der Waals surface area contributed by atoms with Gasteiger partial charge in [-0.3, -0.25) is 9.59 Å². The second-order valence-corrected chi connectivity index (χ2v) is 3.23.